The Hall–Kier alpha value is -1.75. The van der Waals surface area contributed by atoms with Crippen molar-refractivity contribution in [1.29, 1.82) is 0 Å². The molecule has 0 saturated heterocycles. The van der Waals surface area contributed by atoms with Crippen molar-refractivity contribution in [1.82, 2.24) is 15.0 Å². The van der Waals surface area contributed by atoms with Gasteiger partial charge in [-0.05, 0) is 45.9 Å². The van der Waals surface area contributed by atoms with Gasteiger partial charge in [0.2, 0.25) is 0 Å². The summed E-state index contributed by atoms with van der Waals surface area (Å²) in [5, 5.41) is 12.2. The van der Waals surface area contributed by atoms with Gasteiger partial charge in [0.05, 0.1) is 29.9 Å². The van der Waals surface area contributed by atoms with Crippen LogP contribution in [-0.4, -0.2) is 21.6 Å². The van der Waals surface area contributed by atoms with Crippen LogP contribution in [-0.2, 0) is 12.1 Å². The molecule has 1 heterocycles. The van der Waals surface area contributed by atoms with Crippen molar-refractivity contribution in [3.8, 4) is 5.75 Å². The molecule has 1 aromatic heterocycles. The highest BCUT2D eigenvalue weighted by molar-refractivity contribution is 6.32. The van der Waals surface area contributed by atoms with Gasteiger partial charge in [0.15, 0.2) is 0 Å². The van der Waals surface area contributed by atoms with E-state index in [9.17, 15) is 0 Å². The molecule has 0 aliphatic heterocycles. The fourth-order valence-corrected chi connectivity index (χ4v) is 2.02. The van der Waals surface area contributed by atoms with E-state index in [0.717, 1.165) is 11.4 Å². The summed E-state index contributed by atoms with van der Waals surface area (Å²) in [4.78, 5) is 0. The van der Waals surface area contributed by atoms with Crippen LogP contribution >= 0.6 is 11.6 Å². The summed E-state index contributed by atoms with van der Waals surface area (Å²) in [5.74, 6) is 0.698. The molecule has 6 heteroatoms. The topological polar surface area (TPSA) is 52.0 Å². The summed E-state index contributed by atoms with van der Waals surface area (Å²) in [6.45, 7) is 9.39. The number of hydrogen-bond donors (Lipinski definition) is 1. The van der Waals surface area contributed by atoms with Gasteiger partial charge in [-0.2, -0.15) is 0 Å². The number of nitrogens with zero attached hydrogens (tertiary/aromatic N) is 3. The number of anilines is 1. The third kappa shape index (κ3) is 4.11. The van der Waals surface area contributed by atoms with Crippen LogP contribution in [0.1, 0.15) is 33.4 Å². The average Bonchev–Trinajstić information content (AvgIpc) is 2.88. The molecule has 1 N–H and O–H groups in total. The first-order chi connectivity index (χ1) is 9.90. The van der Waals surface area contributed by atoms with Crippen LogP contribution in [0.5, 0.6) is 5.75 Å². The molecule has 0 unspecified atom stereocenters. The first-order valence-corrected chi connectivity index (χ1v) is 7.36. The molecule has 0 aliphatic rings. The number of benzene rings is 1. The largest absolute Gasteiger partial charge is 0.492 e. The molecule has 0 fully saturated rings. The minimum Gasteiger partial charge on any atom is -0.492 e. The molecule has 0 aliphatic carbocycles. The van der Waals surface area contributed by atoms with Crippen molar-refractivity contribution in [3.05, 3.63) is 35.1 Å². The zero-order valence-electron chi connectivity index (χ0n) is 12.9. The van der Waals surface area contributed by atoms with Crippen molar-refractivity contribution in [3.63, 3.8) is 0 Å². The lowest BCUT2D eigenvalue weighted by molar-refractivity contribution is 0.340. The predicted octanol–water partition coefficient (Wildman–Crippen LogP) is 3.70. The standard InChI is InChI=1S/C15H21ClN4O/c1-5-21-14-7-6-11(8-13(14)16)17-9-12-10-20(19-18-12)15(2,3)4/h6-8,10,17H,5,9H2,1-4H3. The lowest BCUT2D eigenvalue weighted by Crippen LogP contribution is -2.22. The second kappa shape index (κ2) is 6.35. The lowest BCUT2D eigenvalue weighted by atomic mass is 10.1. The number of aromatic nitrogens is 3. The zero-order chi connectivity index (χ0) is 15.5. The maximum Gasteiger partial charge on any atom is 0.138 e. The van der Waals surface area contributed by atoms with Gasteiger partial charge in [0.25, 0.3) is 0 Å². The molecule has 0 spiro atoms. The van der Waals surface area contributed by atoms with Gasteiger partial charge in [0.1, 0.15) is 11.4 Å². The van der Waals surface area contributed by atoms with E-state index < -0.39 is 0 Å². The van der Waals surface area contributed by atoms with Gasteiger partial charge in [-0.25, -0.2) is 4.68 Å². The summed E-state index contributed by atoms with van der Waals surface area (Å²) in [6.07, 6.45) is 1.95. The molecule has 0 saturated carbocycles. The third-order valence-electron chi connectivity index (χ3n) is 2.93. The van der Waals surface area contributed by atoms with Crippen LogP contribution < -0.4 is 10.1 Å². The van der Waals surface area contributed by atoms with Crippen molar-refractivity contribution in [2.45, 2.75) is 39.8 Å². The van der Waals surface area contributed by atoms with Crippen molar-refractivity contribution in [2.75, 3.05) is 11.9 Å². The summed E-state index contributed by atoms with van der Waals surface area (Å²) in [7, 11) is 0. The summed E-state index contributed by atoms with van der Waals surface area (Å²) in [5.41, 5.74) is 1.75. The Labute approximate surface area is 130 Å². The first-order valence-electron chi connectivity index (χ1n) is 6.98. The Morgan fingerprint density at radius 3 is 2.67 bits per heavy atom. The number of nitrogens with one attached hydrogen (secondary N) is 1. The molecule has 1 aromatic carbocycles. The number of halogens is 1. The van der Waals surface area contributed by atoms with Gasteiger partial charge in [-0.15, -0.1) is 5.10 Å². The Morgan fingerprint density at radius 2 is 2.10 bits per heavy atom. The van der Waals surface area contributed by atoms with Crippen LogP contribution in [0.3, 0.4) is 0 Å². The molecule has 5 nitrogen and oxygen atoms in total. The van der Waals surface area contributed by atoms with E-state index in [1.165, 1.54) is 0 Å². The van der Waals surface area contributed by atoms with E-state index in [2.05, 4.69) is 36.4 Å². The van der Waals surface area contributed by atoms with Gasteiger partial charge in [0, 0.05) is 5.69 Å². The Bertz CT molecular complexity index is 604. The summed E-state index contributed by atoms with van der Waals surface area (Å²) in [6, 6.07) is 5.64. The smallest absolute Gasteiger partial charge is 0.138 e. The van der Waals surface area contributed by atoms with Crippen molar-refractivity contribution in [2.24, 2.45) is 0 Å². The van der Waals surface area contributed by atoms with Gasteiger partial charge in [-0.1, -0.05) is 16.8 Å². The minimum atomic E-state index is -0.0618. The van der Waals surface area contributed by atoms with Gasteiger partial charge in [-0.3, -0.25) is 0 Å². The molecular formula is C15H21ClN4O. The average molecular weight is 309 g/mol. The molecular weight excluding hydrogens is 288 g/mol. The van der Waals surface area contributed by atoms with E-state index in [-0.39, 0.29) is 5.54 Å². The molecule has 0 amide bonds. The van der Waals surface area contributed by atoms with Crippen molar-refractivity contribution < 1.29 is 4.74 Å². The van der Waals surface area contributed by atoms with Crippen LogP contribution in [0.4, 0.5) is 5.69 Å². The van der Waals surface area contributed by atoms with Crippen molar-refractivity contribution >= 4 is 17.3 Å². The fraction of sp³-hybridized carbons (Fsp3) is 0.467. The van der Waals surface area contributed by atoms with Crippen LogP contribution in [0, 0.1) is 0 Å². The fourth-order valence-electron chi connectivity index (χ4n) is 1.78. The Kier molecular flexibility index (Phi) is 4.73. The monoisotopic (exact) mass is 308 g/mol. The molecule has 114 valence electrons. The second-order valence-corrected chi connectivity index (χ2v) is 6.16. The highest BCUT2D eigenvalue weighted by atomic mass is 35.5. The number of hydrogen-bond acceptors (Lipinski definition) is 4. The Morgan fingerprint density at radius 1 is 1.33 bits per heavy atom. The van der Waals surface area contributed by atoms with E-state index in [4.69, 9.17) is 16.3 Å². The van der Waals surface area contributed by atoms with Crippen LogP contribution in [0.2, 0.25) is 5.02 Å². The molecule has 2 rings (SSSR count). The summed E-state index contributed by atoms with van der Waals surface area (Å²) >= 11 is 6.16. The molecule has 21 heavy (non-hydrogen) atoms. The van der Waals surface area contributed by atoms with E-state index >= 15 is 0 Å². The SMILES string of the molecule is CCOc1ccc(NCc2cn(C(C)(C)C)nn2)cc1Cl. The van der Waals surface area contributed by atoms with Crippen LogP contribution in [0.25, 0.3) is 0 Å². The zero-order valence-corrected chi connectivity index (χ0v) is 13.6. The number of ether oxygens (including phenoxy) is 1. The normalized spacial score (nSPS) is 11.5. The molecule has 2 aromatic rings. The highest BCUT2D eigenvalue weighted by Gasteiger charge is 2.14. The molecule has 0 atom stereocenters. The van der Waals surface area contributed by atoms with E-state index in [0.29, 0.717) is 23.9 Å². The van der Waals surface area contributed by atoms with E-state index in [1.54, 1.807) is 0 Å². The molecule has 0 bridgehead atoms. The Balaban J connectivity index is 2.00. The third-order valence-corrected chi connectivity index (χ3v) is 3.23. The van der Waals surface area contributed by atoms with Gasteiger partial charge < -0.3 is 10.1 Å². The maximum atomic E-state index is 6.16. The first kappa shape index (κ1) is 15.6. The minimum absolute atomic E-state index is 0.0618. The maximum absolute atomic E-state index is 6.16. The quantitative estimate of drug-likeness (QED) is 0.915. The highest BCUT2D eigenvalue weighted by Crippen LogP contribution is 2.27. The van der Waals surface area contributed by atoms with Gasteiger partial charge >= 0.3 is 0 Å². The molecule has 0 radical (unpaired) electrons. The van der Waals surface area contributed by atoms with E-state index in [1.807, 2.05) is 36.0 Å². The second-order valence-electron chi connectivity index (χ2n) is 5.76. The van der Waals surface area contributed by atoms with Crippen LogP contribution in [0.15, 0.2) is 24.4 Å². The predicted molar refractivity (Wildman–Crippen MR) is 85.0 cm³/mol. The lowest BCUT2D eigenvalue weighted by Gasteiger charge is -2.17. The number of rotatable bonds is 5. The summed E-state index contributed by atoms with van der Waals surface area (Å²) < 4.78 is 7.27.